The Labute approximate surface area is 117 Å². The molecule has 0 aliphatic heterocycles. The molecule has 2 rings (SSSR count). The Morgan fingerprint density at radius 3 is 2.58 bits per heavy atom. The van der Waals surface area contributed by atoms with Gasteiger partial charge in [-0.15, -0.1) is 0 Å². The lowest BCUT2D eigenvalue weighted by Crippen LogP contribution is -2.18. The molecule has 0 unspecified atom stereocenters. The van der Waals surface area contributed by atoms with E-state index in [1.54, 1.807) is 12.1 Å². The Bertz CT molecular complexity index is 574. The number of rotatable bonds is 4. The molecule has 0 bridgehead atoms. The van der Waals surface area contributed by atoms with E-state index in [2.05, 4.69) is 0 Å². The average Bonchev–Trinajstić information content (AvgIpc) is 2.41. The molecule has 0 aromatic heterocycles. The van der Waals surface area contributed by atoms with Crippen molar-refractivity contribution in [1.29, 1.82) is 0 Å². The first-order valence-electron chi connectivity index (χ1n) is 5.96. The van der Waals surface area contributed by atoms with E-state index < -0.39 is 5.82 Å². The van der Waals surface area contributed by atoms with E-state index in [1.165, 1.54) is 6.07 Å². The van der Waals surface area contributed by atoms with Crippen molar-refractivity contribution >= 4 is 17.3 Å². The van der Waals surface area contributed by atoms with E-state index in [4.69, 9.17) is 11.6 Å². The number of aliphatic hydroxyl groups is 1. The molecule has 0 saturated carbocycles. The zero-order chi connectivity index (χ0) is 13.8. The number of benzene rings is 2. The molecule has 0 fully saturated rings. The predicted molar refractivity (Wildman–Crippen MR) is 75.9 cm³/mol. The average molecular weight is 280 g/mol. The van der Waals surface area contributed by atoms with E-state index in [9.17, 15) is 9.50 Å². The van der Waals surface area contributed by atoms with Crippen LogP contribution in [0.4, 0.5) is 10.1 Å². The van der Waals surface area contributed by atoms with Crippen LogP contribution in [0.5, 0.6) is 0 Å². The van der Waals surface area contributed by atoms with Crippen LogP contribution < -0.4 is 4.90 Å². The second-order valence-electron chi connectivity index (χ2n) is 4.34. The van der Waals surface area contributed by atoms with Gasteiger partial charge in [0.15, 0.2) is 0 Å². The van der Waals surface area contributed by atoms with E-state index in [0.717, 1.165) is 5.56 Å². The largest absolute Gasteiger partial charge is 0.391 e. The predicted octanol–water partition coefficient (Wildman–Crippen LogP) is 3.61. The molecular weight excluding hydrogens is 265 g/mol. The van der Waals surface area contributed by atoms with Crippen LogP contribution in [0.3, 0.4) is 0 Å². The molecule has 0 spiro atoms. The number of hydrogen-bond donors (Lipinski definition) is 1. The van der Waals surface area contributed by atoms with Crippen LogP contribution in [0.15, 0.2) is 42.5 Å². The summed E-state index contributed by atoms with van der Waals surface area (Å²) < 4.78 is 13.6. The Hall–Kier alpha value is -1.58. The number of nitrogens with zero attached hydrogens (tertiary/aromatic N) is 1. The Kier molecular flexibility index (Phi) is 4.40. The molecular formula is C15H15ClFNO. The topological polar surface area (TPSA) is 23.5 Å². The van der Waals surface area contributed by atoms with Crippen molar-refractivity contribution in [1.82, 2.24) is 0 Å². The lowest BCUT2D eigenvalue weighted by molar-refractivity contribution is 0.276. The van der Waals surface area contributed by atoms with Crippen LogP contribution in [0.1, 0.15) is 11.1 Å². The smallest absolute Gasteiger partial charge is 0.130 e. The van der Waals surface area contributed by atoms with Crippen LogP contribution in [0.2, 0.25) is 5.02 Å². The number of anilines is 1. The van der Waals surface area contributed by atoms with Crippen molar-refractivity contribution < 1.29 is 9.50 Å². The molecule has 0 radical (unpaired) electrons. The van der Waals surface area contributed by atoms with Crippen molar-refractivity contribution in [2.45, 2.75) is 13.2 Å². The second kappa shape index (κ2) is 6.04. The Balaban J connectivity index is 2.28. The Morgan fingerprint density at radius 1 is 1.16 bits per heavy atom. The monoisotopic (exact) mass is 279 g/mol. The fraction of sp³-hybridized carbons (Fsp3) is 0.200. The van der Waals surface area contributed by atoms with E-state index in [0.29, 0.717) is 22.8 Å². The molecule has 19 heavy (non-hydrogen) atoms. The molecule has 0 amide bonds. The third-order valence-corrected chi connectivity index (χ3v) is 3.40. The molecule has 100 valence electrons. The summed E-state index contributed by atoms with van der Waals surface area (Å²) in [5, 5.41) is 9.95. The number of hydrogen-bond acceptors (Lipinski definition) is 2. The van der Waals surface area contributed by atoms with Gasteiger partial charge in [-0.1, -0.05) is 35.9 Å². The summed E-state index contributed by atoms with van der Waals surface area (Å²) >= 11 is 6.11. The zero-order valence-corrected chi connectivity index (χ0v) is 11.4. The molecule has 2 nitrogen and oxygen atoms in total. The summed E-state index contributed by atoms with van der Waals surface area (Å²) in [7, 11) is 1.84. The highest BCUT2D eigenvalue weighted by Gasteiger charge is 2.12. The molecule has 1 N–H and O–H groups in total. The highest BCUT2D eigenvalue weighted by atomic mass is 35.5. The van der Waals surface area contributed by atoms with Gasteiger partial charge in [0, 0.05) is 29.9 Å². The normalized spacial score (nSPS) is 10.5. The van der Waals surface area contributed by atoms with Crippen molar-refractivity contribution in [3.63, 3.8) is 0 Å². The van der Waals surface area contributed by atoms with Crippen molar-refractivity contribution in [2.75, 3.05) is 11.9 Å². The zero-order valence-electron chi connectivity index (χ0n) is 10.6. The first-order chi connectivity index (χ1) is 9.13. The Morgan fingerprint density at radius 2 is 1.89 bits per heavy atom. The van der Waals surface area contributed by atoms with Gasteiger partial charge in [0.1, 0.15) is 5.82 Å². The van der Waals surface area contributed by atoms with Gasteiger partial charge in [-0.2, -0.15) is 0 Å². The maximum Gasteiger partial charge on any atom is 0.130 e. The highest BCUT2D eigenvalue weighted by Crippen LogP contribution is 2.25. The SMILES string of the molecule is CN(Cc1ccccc1Cl)c1cccc(F)c1CO. The lowest BCUT2D eigenvalue weighted by Gasteiger charge is -2.22. The summed E-state index contributed by atoms with van der Waals surface area (Å²) in [6.07, 6.45) is 0. The first-order valence-corrected chi connectivity index (χ1v) is 6.34. The van der Waals surface area contributed by atoms with Crippen LogP contribution in [-0.2, 0) is 13.2 Å². The first kappa shape index (κ1) is 13.8. The summed E-state index contributed by atoms with van der Waals surface area (Å²) in [6, 6.07) is 12.3. The summed E-state index contributed by atoms with van der Waals surface area (Å²) in [5.74, 6) is -0.397. The molecule has 2 aromatic rings. The number of aliphatic hydroxyl groups excluding tert-OH is 1. The minimum absolute atomic E-state index is 0.303. The van der Waals surface area contributed by atoms with Gasteiger partial charge in [0.2, 0.25) is 0 Å². The molecule has 0 saturated heterocycles. The van der Waals surface area contributed by atoms with Gasteiger partial charge in [-0.3, -0.25) is 0 Å². The lowest BCUT2D eigenvalue weighted by atomic mass is 10.1. The van der Waals surface area contributed by atoms with Gasteiger partial charge >= 0.3 is 0 Å². The minimum Gasteiger partial charge on any atom is -0.391 e. The minimum atomic E-state index is -0.397. The van der Waals surface area contributed by atoms with Crippen LogP contribution in [-0.4, -0.2) is 12.2 Å². The molecule has 0 atom stereocenters. The summed E-state index contributed by atoms with van der Waals surface area (Å²) in [5.41, 5.74) is 1.93. The van der Waals surface area contributed by atoms with E-state index >= 15 is 0 Å². The molecule has 4 heteroatoms. The van der Waals surface area contributed by atoms with Crippen molar-refractivity contribution in [3.05, 3.63) is 64.4 Å². The van der Waals surface area contributed by atoms with Crippen LogP contribution >= 0.6 is 11.6 Å². The van der Waals surface area contributed by atoms with Crippen LogP contribution in [0, 0.1) is 5.82 Å². The van der Waals surface area contributed by atoms with E-state index in [-0.39, 0.29) is 6.61 Å². The highest BCUT2D eigenvalue weighted by molar-refractivity contribution is 6.31. The van der Waals surface area contributed by atoms with Gasteiger partial charge in [-0.25, -0.2) is 4.39 Å². The van der Waals surface area contributed by atoms with Gasteiger partial charge in [0.25, 0.3) is 0 Å². The standard InChI is InChI=1S/C15H15ClFNO/c1-18(9-11-5-2-3-6-13(11)16)15-8-4-7-14(17)12(15)10-19/h2-8,19H,9-10H2,1H3. The van der Waals surface area contributed by atoms with Crippen molar-refractivity contribution in [2.24, 2.45) is 0 Å². The molecule has 2 aromatic carbocycles. The fourth-order valence-corrected chi connectivity index (χ4v) is 2.22. The summed E-state index contributed by atoms with van der Waals surface area (Å²) in [4.78, 5) is 1.87. The number of halogens is 2. The second-order valence-corrected chi connectivity index (χ2v) is 4.75. The molecule has 0 heterocycles. The quantitative estimate of drug-likeness (QED) is 0.924. The fourth-order valence-electron chi connectivity index (χ4n) is 2.03. The maximum atomic E-state index is 13.6. The molecule has 0 aliphatic carbocycles. The maximum absolute atomic E-state index is 13.6. The van der Waals surface area contributed by atoms with Crippen LogP contribution in [0.25, 0.3) is 0 Å². The third kappa shape index (κ3) is 3.06. The van der Waals surface area contributed by atoms with Gasteiger partial charge in [0.05, 0.1) is 6.61 Å². The van der Waals surface area contributed by atoms with Gasteiger partial charge < -0.3 is 10.0 Å². The third-order valence-electron chi connectivity index (χ3n) is 3.03. The van der Waals surface area contributed by atoms with Crippen molar-refractivity contribution in [3.8, 4) is 0 Å². The molecule has 0 aliphatic rings. The van der Waals surface area contributed by atoms with E-state index in [1.807, 2.05) is 36.2 Å². The van der Waals surface area contributed by atoms with Gasteiger partial charge in [-0.05, 0) is 23.8 Å². The summed E-state index contributed by atoms with van der Waals surface area (Å²) in [6.45, 7) is 0.227.